The third-order valence-corrected chi connectivity index (χ3v) is 2.70. The number of benzene rings is 1. The third kappa shape index (κ3) is 5.19. The topological polar surface area (TPSA) is 62.4 Å². The first-order valence-electron chi connectivity index (χ1n) is 6.43. The molecule has 0 aliphatic heterocycles. The summed E-state index contributed by atoms with van der Waals surface area (Å²) in [5.74, 6) is 7.05. The number of hydrogen-bond acceptors (Lipinski definition) is 2. The van der Waals surface area contributed by atoms with Crippen molar-refractivity contribution in [2.75, 3.05) is 13.1 Å². The van der Waals surface area contributed by atoms with Crippen molar-refractivity contribution in [3.63, 3.8) is 0 Å². The van der Waals surface area contributed by atoms with Crippen molar-refractivity contribution in [1.29, 1.82) is 0 Å². The highest BCUT2D eigenvalue weighted by atomic mass is 15.3. The summed E-state index contributed by atoms with van der Waals surface area (Å²) in [4.78, 5) is 4.38. The number of nitrogens with two attached hydrogens (primary N) is 1. The molecule has 1 unspecified atom stereocenters. The molecule has 0 amide bonds. The zero-order valence-electron chi connectivity index (χ0n) is 11.5. The van der Waals surface area contributed by atoms with Crippen molar-refractivity contribution in [1.82, 2.24) is 10.7 Å². The molecular formula is C14H24N4. The van der Waals surface area contributed by atoms with Gasteiger partial charge in [0.25, 0.3) is 0 Å². The lowest BCUT2D eigenvalue weighted by atomic mass is 10.0. The van der Waals surface area contributed by atoms with E-state index in [1.807, 2.05) is 6.07 Å². The molecule has 4 nitrogen and oxygen atoms in total. The van der Waals surface area contributed by atoms with Crippen LogP contribution in [0.15, 0.2) is 35.3 Å². The molecule has 0 aromatic heterocycles. The van der Waals surface area contributed by atoms with Crippen molar-refractivity contribution in [2.24, 2.45) is 16.8 Å². The standard InChI is InChI=1S/C14H24N4/c1-11(2)9-16-14(18-15)17-10-12(3)13-7-5-4-6-8-13/h4-8,11-12H,9-10,15H2,1-3H3,(H2,16,17,18). The highest BCUT2D eigenvalue weighted by Gasteiger charge is 2.05. The second-order valence-corrected chi connectivity index (χ2v) is 4.92. The second kappa shape index (κ2) is 7.71. The van der Waals surface area contributed by atoms with E-state index in [1.165, 1.54) is 5.56 Å². The predicted molar refractivity (Wildman–Crippen MR) is 77.3 cm³/mol. The van der Waals surface area contributed by atoms with E-state index in [0.29, 0.717) is 17.8 Å². The molecule has 100 valence electrons. The van der Waals surface area contributed by atoms with E-state index in [4.69, 9.17) is 5.84 Å². The summed E-state index contributed by atoms with van der Waals surface area (Å²) in [7, 11) is 0. The molecule has 0 saturated carbocycles. The summed E-state index contributed by atoms with van der Waals surface area (Å²) < 4.78 is 0. The van der Waals surface area contributed by atoms with Crippen LogP contribution in [0.5, 0.6) is 0 Å². The van der Waals surface area contributed by atoms with Gasteiger partial charge in [-0.05, 0) is 17.4 Å². The summed E-state index contributed by atoms with van der Waals surface area (Å²) in [6.07, 6.45) is 0. The fourth-order valence-corrected chi connectivity index (χ4v) is 1.58. The number of rotatable bonds is 5. The predicted octanol–water partition coefficient (Wildman–Crippen LogP) is 1.85. The fraction of sp³-hybridized carbons (Fsp3) is 0.500. The molecule has 1 rings (SSSR count). The third-order valence-electron chi connectivity index (χ3n) is 2.70. The molecule has 4 heteroatoms. The van der Waals surface area contributed by atoms with Crippen molar-refractivity contribution < 1.29 is 0 Å². The molecule has 18 heavy (non-hydrogen) atoms. The minimum Gasteiger partial charge on any atom is -0.355 e. The SMILES string of the molecule is CC(C)CN=C(NN)NCC(C)c1ccccc1. The van der Waals surface area contributed by atoms with Gasteiger partial charge in [0.15, 0.2) is 0 Å². The molecule has 1 aromatic rings. The van der Waals surface area contributed by atoms with Crippen LogP contribution >= 0.6 is 0 Å². The monoisotopic (exact) mass is 248 g/mol. The molecule has 0 aliphatic rings. The lowest BCUT2D eigenvalue weighted by Gasteiger charge is -2.15. The lowest BCUT2D eigenvalue weighted by Crippen LogP contribution is -2.43. The minimum atomic E-state index is 0.420. The summed E-state index contributed by atoms with van der Waals surface area (Å²) in [6, 6.07) is 10.4. The Hall–Kier alpha value is -1.55. The largest absolute Gasteiger partial charge is 0.355 e. The van der Waals surface area contributed by atoms with Crippen LogP contribution in [0.25, 0.3) is 0 Å². The van der Waals surface area contributed by atoms with Crippen LogP contribution in [0.3, 0.4) is 0 Å². The molecule has 0 spiro atoms. The van der Waals surface area contributed by atoms with Gasteiger partial charge in [-0.1, -0.05) is 51.1 Å². The van der Waals surface area contributed by atoms with Gasteiger partial charge in [0.05, 0.1) is 0 Å². The van der Waals surface area contributed by atoms with Crippen LogP contribution in [-0.2, 0) is 0 Å². The smallest absolute Gasteiger partial charge is 0.205 e. The molecule has 0 bridgehead atoms. The number of nitrogens with one attached hydrogen (secondary N) is 2. The average Bonchev–Trinajstić information content (AvgIpc) is 2.39. The minimum absolute atomic E-state index is 0.420. The van der Waals surface area contributed by atoms with Crippen LogP contribution in [0.4, 0.5) is 0 Å². The van der Waals surface area contributed by atoms with Crippen LogP contribution in [0, 0.1) is 5.92 Å². The van der Waals surface area contributed by atoms with Gasteiger partial charge in [-0.25, -0.2) is 5.84 Å². The van der Waals surface area contributed by atoms with E-state index in [-0.39, 0.29) is 0 Å². The van der Waals surface area contributed by atoms with Crippen molar-refractivity contribution in [2.45, 2.75) is 26.7 Å². The fourth-order valence-electron chi connectivity index (χ4n) is 1.58. The van der Waals surface area contributed by atoms with Gasteiger partial charge in [-0.2, -0.15) is 0 Å². The summed E-state index contributed by atoms with van der Waals surface area (Å²) in [5, 5.41) is 3.24. The molecule has 4 N–H and O–H groups in total. The maximum absolute atomic E-state index is 5.44. The Morgan fingerprint density at radius 1 is 1.22 bits per heavy atom. The highest BCUT2D eigenvalue weighted by molar-refractivity contribution is 5.79. The van der Waals surface area contributed by atoms with E-state index in [1.54, 1.807) is 0 Å². The van der Waals surface area contributed by atoms with Crippen LogP contribution in [0.2, 0.25) is 0 Å². The molecule has 0 saturated heterocycles. The quantitative estimate of drug-likeness (QED) is 0.322. The normalized spacial score (nSPS) is 13.5. The maximum Gasteiger partial charge on any atom is 0.205 e. The molecule has 1 aromatic carbocycles. The van der Waals surface area contributed by atoms with Gasteiger partial charge < -0.3 is 5.32 Å². The number of guanidine groups is 1. The second-order valence-electron chi connectivity index (χ2n) is 4.92. The number of hydrazine groups is 1. The van der Waals surface area contributed by atoms with Gasteiger partial charge in [0.2, 0.25) is 5.96 Å². The van der Waals surface area contributed by atoms with Gasteiger partial charge in [-0.15, -0.1) is 0 Å². The van der Waals surface area contributed by atoms with Crippen molar-refractivity contribution >= 4 is 5.96 Å². The summed E-state index contributed by atoms with van der Waals surface area (Å²) >= 11 is 0. The summed E-state index contributed by atoms with van der Waals surface area (Å²) in [5.41, 5.74) is 3.91. The summed E-state index contributed by atoms with van der Waals surface area (Å²) in [6.45, 7) is 8.02. The Morgan fingerprint density at radius 3 is 2.44 bits per heavy atom. The average molecular weight is 248 g/mol. The van der Waals surface area contributed by atoms with E-state index in [2.05, 4.69) is 60.8 Å². The number of aliphatic imine (C=N–C) groups is 1. The maximum atomic E-state index is 5.44. The van der Waals surface area contributed by atoms with Crippen LogP contribution in [0.1, 0.15) is 32.3 Å². The van der Waals surface area contributed by atoms with Crippen molar-refractivity contribution in [3.05, 3.63) is 35.9 Å². The zero-order chi connectivity index (χ0) is 13.4. The molecule has 1 atom stereocenters. The Balaban J connectivity index is 2.45. The van der Waals surface area contributed by atoms with Gasteiger partial charge in [0.1, 0.15) is 0 Å². The zero-order valence-corrected chi connectivity index (χ0v) is 11.5. The van der Waals surface area contributed by atoms with E-state index in [9.17, 15) is 0 Å². The van der Waals surface area contributed by atoms with E-state index < -0.39 is 0 Å². The van der Waals surface area contributed by atoms with Gasteiger partial charge in [-0.3, -0.25) is 10.4 Å². The first-order chi connectivity index (χ1) is 8.63. The first kappa shape index (κ1) is 14.5. The van der Waals surface area contributed by atoms with Crippen LogP contribution < -0.4 is 16.6 Å². The van der Waals surface area contributed by atoms with Gasteiger partial charge in [0, 0.05) is 13.1 Å². The highest BCUT2D eigenvalue weighted by Crippen LogP contribution is 2.12. The Labute approximate surface area is 110 Å². The molecule has 0 aliphatic carbocycles. The molecule has 0 radical (unpaired) electrons. The number of nitrogens with zero attached hydrogens (tertiary/aromatic N) is 1. The van der Waals surface area contributed by atoms with Crippen LogP contribution in [-0.4, -0.2) is 19.0 Å². The number of hydrogen-bond donors (Lipinski definition) is 3. The van der Waals surface area contributed by atoms with Crippen molar-refractivity contribution in [3.8, 4) is 0 Å². The molecule has 0 fully saturated rings. The lowest BCUT2D eigenvalue weighted by molar-refractivity contribution is 0.650. The molecule has 0 heterocycles. The Bertz CT molecular complexity index is 359. The van der Waals surface area contributed by atoms with E-state index >= 15 is 0 Å². The first-order valence-corrected chi connectivity index (χ1v) is 6.43. The van der Waals surface area contributed by atoms with Gasteiger partial charge >= 0.3 is 0 Å². The van der Waals surface area contributed by atoms with E-state index in [0.717, 1.165) is 13.1 Å². The Morgan fingerprint density at radius 2 is 1.89 bits per heavy atom. The molecular weight excluding hydrogens is 224 g/mol. The Kier molecular flexibility index (Phi) is 6.22.